The molecule has 15 heteroatoms. The molecule has 0 aromatic heterocycles. The Morgan fingerprint density at radius 2 is 1.90 bits per heavy atom. The second-order valence-corrected chi connectivity index (χ2v) is 8.96. The van der Waals surface area contributed by atoms with E-state index in [1.54, 1.807) is 0 Å². The molecule has 2 aromatic carbocycles. The largest absolute Gasteiger partial charge is 0.484 e. The summed E-state index contributed by atoms with van der Waals surface area (Å²) in [5.41, 5.74) is -0.218. The summed E-state index contributed by atoms with van der Waals surface area (Å²) in [5.74, 6) is -9.56. The van der Waals surface area contributed by atoms with Crippen molar-refractivity contribution in [2.75, 3.05) is 24.6 Å². The monoisotopic (exact) mass is 595 g/mol. The van der Waals surface area contributed by atoms with Gasteiger partial charge in [-0.15, -0.1) is 0 Å². The fourth-order valence-electron chi connectivity index (χ4n) is 3.29. The molecule has 39 heavy (non-hydrogen) atoms. The Morgan fingerprint density at radius 3 is 2.56 bits per heavy atom. The van der Waals surface area contributed by atoms with E-state index in [-0.39, 0.29) is 45.9 Å². The van der Waals surface area contributed by atoms with Crippen molar-refractivity contribution < 1.29 is 45.8 Å². The highest BCUT2D eigenvalue weighted by Crippen LogP contribution is 2.38. The van der Waals surface area contributed by atoms with Crippen LogP contribution < -0.4 is 25.0 Å². The number of nitrogens with zero attached hydrogens (tertiary/aromatic N) is 1. The summed E-state index contributed by atoms with van der Waals surface area (Å²) in [6.45, 7) is 2.37. The lowest BCUT2D eigenvalue weighted by Gasteiger charge is -2.35. The average Bonchev–Trinajstić information content (AvgIpc) is 2.88. The highest BCUT2D eigenvalue weighted by atomic mass is 35.5. The molecule has 0 bridgehead atoms. The average molecular weight is 596 g/mol. The topological polar surface area (TPSA) is 97.0 Å². The molecule has 0 aliphatic carbocycles. The van der Waals surface area contributed by atoms with E-state index < -0.39 is 55.1 Å². The van der Waals surface area contributed by atoms with E-state index >= 15 is 0 Å². The number of anilines is 1. The van der Waals surface area contributed by atoms with Crippen LogP contribution in [0.1, 0.15) is 6.42 Å². The quantitative estimate of drug-likeness (QED) is 0.398. The van der Waals surface area contributed by atoms with Crippen molar-refractivity contribution >= 4 is 46.6 Å². The lowest BCUT2D eigenvalue weighted by molar-refractivity contribution is -0.167. The molecule has 0 fully saturated rings. The van der Waals surface area contributed by atoms with E-state index in [9.17, 15) is 36.3 Å². The van der Waals surface area contributed by atoms with Gasteiger partial charge in [0.05, 0.1) is 17.3 Å². The summed E-state index contributed by atoms with van der Waals surface area (Å²) in [6, 6.07) is 7.21. The number of amides is 3. The summed E-state index contributed by atoms with van der Waals surface area (Å²) >= 11 is 11.4. The van der Waals surface area contributed by atoms with Gasteiger partial charge in [-0.3, -0.25) is 19.3 Å². The van der Waals surface area contributed by atoms with Gasteiger partial charge in [0.25, 0.3) is 11.8 Å². The highest BCUT2D eigenvalue weighted by molar-refractivity contribution is 6.31. The van der Waals surface area contributed by atoms with Crippen LogP contribution in [-0.4, -0.2) is 55.9 Å². The number of carbonyl (C=O) groups excluding carboxylic acids is 3. The minimum atomic E-state index is -5.02. The first-order valence-corrected chi connectivity index (χ1v) is 11.8. The van der Waals surface area contributed by atoms with Gasteiger partial charge in [0.15, 0.2) is 12.7 Å². The van der Waals surface area contributed by atoms with E-state index in [1.165, 1.54) is 24.3 Å². The molecule has 3 rings (SSSR count). The van der Waals surface area contributed by atoms with Crippen LogP contribution in [0.2, 0.25) is 10.0 Å². The Balaban J connectivity index is 1.54. The highest BCUT2D eigenvalue weighted by Gasteiger charge is 2.53. The summed E-state index contributed by atoms with van der Waals surface area (Å²) in [6.07, 6.45) is -5.82. The lowest BCUT2D eigenvalue weighted by Crippen LogP contribution is -2.55. The summed E-state index contributed by atoms with van der Waals surface area (Å²) < 4.78 is 77.4. The van der Waals surface area contributed by atoms with Gasteiger partial charge < -0.3 is 20.1 Å². The van der Waals surface area contributed by atoms with Crippen molar-refractivity contribution in [1.82, 2.24) is 10.6 Å². The maximum Gasteiger partial charge on any atom is 0.384 e. The molecule has 210 valence electrons. The van der Waals surface area contributed by atoms with Crippen molar-refractivity contribution in [3.05, 3.63) is 64.5 Å². The predicted molar refractivity (Wildman–Crippen MR) is 131 cm³/mol. The van der Waals surface area contributed by atoms with Crippen molar-refractivity contribution in [3.63, 3.8) is 0 Å². The molecule has 0 saturated heterocycles. The Kier molecular flexibility index (Phi) is 9.62. The van der Waals surface area contributed by atoms with Crippen molar-refractivity contribution in [1.29, 1.82) is 0 Å². The van der Waals surface area contributed by atoms with Gasteiger partial charge in [-0.1, -0.05) is 29.8 Å². The molecule has 3 amide bonds. The molecule has 1 heterocycles. The molecule has 2 aromatic rings. The second-order valence-electron chi connectivity index (χ2n) is 8.12. The molecular weight excluding hydrogens is 576 g/mol. The van der Waals surface area contributed by atoms with Crippen LogP contribution in [0.25, 0.3) is 0 Å². The molecule has 1 aliphatic heterocycles. The molecule has 0 spiro atoms. The molecular formula is C24H20Cl2F5N3O5. The molecule has 8 nitrogen and oxygen atoms in total. The number of halogens is 7. The molecule has 1 aliphatic rings. The zero-order valence-electron chi connectivity index (χ0n) is 19.8. The Labute approximate surface area is 228 Å². The number of nitrogens with one attached hydrogen (secondary N) is 2. The number of carbonyl (C=O) groups is 3. The SMILES string of the molecule is C=C(CCNC(=O)COc1ccc(Cl)c(F)c1)NC(=O)C1CN(C(=O)C(F)(F)C(F)F)c2cc(Cl)ccc2O1. The number of rotatable bonds is 10. The van der Waals surface area contributed by atoms with Gasteiger partial charge in [-0.25, -0.2) is 13.2 Å². The molecule has 0 radical (unpaired) electrons. The minimum absolute atomic E-state index is 0.00559. The Bertz CT molecular complexity index is 1280. The smallest absolute Gasteiger partial charge is 0.384 e. The van der Waals surface area contributed by atoms with Crippen LogP contribution in [-0.2, 0) is 14.4 Å². The molecule has 0 saturated carbocycles. The first-order chi connectivity index (χ1) is 18.3. The second kappa shape index (κ2) is 12.5. The number of hydrogen-bond acceptors (Lipinski definition) is 5. The van der Waals surface area contributed by atoms with E-state index in [1.807, 2.05) is 0 Å². The first-order valence-electron chi connectivity index (χ1n) is 11.1. The maximum absolute atomic E-state index is 13.9. The van der Waals surface area contributed by atoms with E-state index in [2.05, 4.69) is 17.2 Å². The van der Waals surface area contributed by atoms with Crippen LogP contribution >= 0.6 is 23.2 Å². The van der Waals surface area contributed by atoms with Gasteiger partial charge >= 0.3 is 18.3 Å². The van der Waals surface area contributed by atoms with Crippen LogP contribution in [0.15, 0.2) is 48.7 Å². The summed E-state index contributed by atoms with van der Waals surface area (Å²) in [5, 5.41) is 4.75. The van der Waals surface area contributed by atoms with Gasteiger partial charge in [0.2, 0.25) is 0 Å². The van der Waals surface area contributed by atoms with Crippen LogP contribution in [0, 0.1) is 5.82 Å². The number of fused-ring (bicyclic) bond motifs is 1. The maximum atomic E-state index is 13.9. The van der Waals surface area contributed by atoms with Crippen LogP contribution in [0.3, 0.4) is 0 Å². The zero-order valence-corrected chi connectivity index (χ0v) is 21.3. The van der Waals surface area contributed by atoms with Crippen molar-refractivity contribution in [3.8, 4) is 11.5 Å². The number of ether oxygens (including phenoxy) is 2. The normalized spacial score (nSPS) is 14.8. The van der Waals surface area contributed by atoms with Crippen LogP contribution in [0.5, 0.6) is 11.5 Å². The standard InChI is InChI=1S/C24H20Cl2F5N3O5/c1-12(6-7-32-20(35)11-38-14-3-4-15(26)16(27)9-14)33-21(36)19-10-34(23(37)24(30,31)22(28)29)17-8-13(25)2-5-18(17)39-19/h2-5,8-9,19,22H,1,6-7,10-11H2,(H,32,35)(H,33,36). The minimum Gasteiger partial charge on any atom is -0.484 e. The van der Waals surface area contributed by atoms with Crippen molar-refractivity contribution in [2.24, 2.45) is 0 Å². The van der Waals surface area contributed by atoms with Gasteiger partial charge in [0, 0.05) is 29.8 Å². The summed E-state index contributed by atoms with van der Waals surface area (Å²) in [4.78, 5) is 37.2. The Morgan fingerprint density at radius 1 is 1.18 bits per heavy atom. The van der Waals surface area contributed by atoms with E-state index in [0.717, 1.165) is 12.1 Å². The molecule has 2 N–H and O–H groups in total. The Hall–Kier alpha value is -3.58. The third kappa shape index (κ3) is 7.51. The molecule has 1 unspecified atom stereocenters. The van der Waals surface area contributed by atoms with Crippen LogP contribution in [0.4, 0.5) is 27.6 Å². The number of benzene rings is 2. The van der Waals surface area contributed by atoms with Gasteiger partial charge in [-0.05, 0) is 30.3 Å². The zero-order chi connectivity index (χ0) is 28.9. The molecule has 1 atom stereocenters. The third-order valence-corrected chi connectivity index (χ3v) is 5.78. The fraction of sp³-hybridized carbons (Fsp3) is 0.292. The fourth-order valence-corrected chi connectivity index (χ4v) is 3.58. The summed E-state index contributed by atoms with van der Waals surface area (Å²) in [7, 11) is 0. The first kappa shape index (κ1) is 30.0. The van der Waals surface area contributed by atoms with E-state index in [0.29, 0.717) is 4.90 Å². The van der Waals surface area contributed by atoms with Gasteiger partial charge in [-0.2, -0.15) is 8.78 Å². The van der Waals surface area contributed by atoms with E-state index in [4.69, 9.17) is 32.7 Å². The number of hydrogen-bond donors (Lipinski definition) is 2. The third-order valence-electron chi connectivity index (χ3n) is 5.24. The van der Waals surface area contributed by atoms with Crippen molar-refractivity contribution in [2.45, 2.75) is 24.9 Å². The van der Waals surface area contributed by atoms with Gasteiger partial charge in [0.1, 0.15) is 17.3 Å². The predicted octanol–water partition coefficient (Wildman–Crippen LogP) is 4.34. The number of alkyl halides is 4. The lowest BCUT2D eigenvalue weighted by atomic mass is 10.1.